The molecule has 0 saturated heterocycles. The van der Waals surface area contributed by atoms with Crippen LogP contribution in [0.3, 0.4) is 0 Å². The van der Waals surface area contributed by atoms with Crippen molar-refractivity contribution >= 4 is 16.6 Å². The molecule has 3 fully saturated rings. The smallest absolute Gasteiger partial charge is 0.192 e. The van der Waals surface area contributed by atoms with Crippen LogP contribution in [0.2, 0.25) is 36.3 Å². The van der Waals surface area contributed by atoms with Gasteiger partial charge < -0.3 is 8.85 Å². The summed E-state index contributed by atoms with van der Waals surface area (Å²) in [6, 6.07) is 7.63. The van der Waals surface area contributed by atoms with Crippen molar-refractivity contribution in [3.05, 3.63) is 0 Å². The predicted octanol–water partition coefficient (Wildman–Crippen LogP) is 6.20. The minimum absolute atomic E-state index is 0.389. The highest BCUT2D eigenvalue weighted by Gasteiger charge is 2.61. The largest absolute Gasteiger partial charge is 0.416 e. The summed E-state index contributed by atoms with van der Waals surface area (Å²) in [7, 11) is -2.95. The Morgan fingerprint density at radius 2 is 1.35 bits per heavy atom. The van der Waals surface area contributed by atoms with Gasteiger partial charge in [-0.15, -0.1) is 0 Å². The van der Waals surface area contributed by atoms with Crippen LogP contribution in [0.5, 0.6) is 0 Å². The standard InChI is InChI=1S/C19H40O2Si2/c1-7-22(8-2,9-3)20-16-19-14-13-17(15-19)18(19)21-23(10-4,11-5)12-6/h17-18H,7-16H2,1-6H3/t17-,18+,19+/m1/s1. The average Bonchev–Trinajstić information content (AvgIpc) is 3.17. The van der Waals surface area contributed by atoms with Gasteiger partial charge >= 0.3 is 0 Å². The SMILES string of the molecule is CC[Si](CC)(CC)OC[C@]12CC[C@H](C1)[C@@H]2O[Si](CC)(CC)CC. The van der Waals surface area contributed by atoms with Gasteiger partial charge in [-0.1, -0.05) is 41.5 Å². The molecule has 0 spiro atoms. The van der Waals surface area contributed by atoms with E-state index in [1.54, 1.807) is 0 Å². The van der Waals surface area contributed by atoms with Crippen LogP contribution < -0.4 is 0 Å². The summed E-state index contributed by atoms with van der Waals surface area (Å²) < 4.78 is 13.7. The van der Waals surface area contributed by atoms with Crippen molar-refractivity contribution in [1.29, 1.82) is 0 Å². The Morgan fingerprint density at radius 3 is 1.78 bits per heavy atom. The van der Waals surface area contributed by atoms with Gasteiger partial charge in [-0.3, -0.25) is 0 Å². The lowest BCUT2D eigenvalue weighted by Crippen LogP contribution is -2.56. The lowest BCUT2D eigenvalue weighted by molar-refractivity contribution is -0.0821. The van der Waals surface area contributed by atoms with Gasteiger partial charge in [-0.25, -0.2) is 0 Å². The van der Waals surface area contributed by atoms with Crippen LogP contribution in [0.15, 0.2) is 0 Å². The lowest BCUT2D eigenvalue weighted by Gasteiger charge is -2.52. The van der Waals surface area contributed by atoms with E-state index in [4.69, 9.17) is 8.85 Å². The molecule has 0 aromatic carbocycles. The zero-order valence-corrected chi connectivity index (χ0v) is 18.5. The molecule has 3 rings (SSSR count). The molecule has 3 saturated carbocycles. The first-order chi connectivity index (χ1) is 11.0. The van der Waals surface area contributed by atoms with Crippen molar-refractivity contribution < 1.29 is 8.85 Å². The van der Waals surface area contributed by atoms with Gasteiger partial charge in [0.2, 0.25) is 0 Å². The molecule has 3 aliphatic carbocycles. The second kappa shape index (κ2) is 7.71. The van der Waals surface area contributed by atoms with E-state index in [1.165, 1.54) is 55.5 Å². The van der Waals surface area contributed by atoms with E-state index < -0.39 is 16.6 Å². The fourth-order valence-corrected chi connectivity index (χ4v) is 10.8. The Hall–Kier alpha value is 0.354. The second-order valence-electron chi connectivity index (χ2n) is 8.18. The molecular formula is C19H40O2Si2. The Kier molecular flexibility index (Phi) is 6.60. The molecule has 0 aliphatic heterocycles. The van der Waals surface area contributed by atoms with Crippen molar-refractivity contribution in [2.45, 2.75) is 103 Å². The van der Waals surface area contributed by atoms with E-state index in [0.29, 0.717) is 11.5 Å². The molecule has 2 nitrogen and oxygen atoms in total. The number of rotatable bonds is 11. The van der Waals surface area contributed by atoms with Crippen molar-refractivity contribution in [2.24, 2.45) is 11.3 Å². The van der Waals surface area contributed by atoms with Crippen LogP contribution in [0.4, 0.5) is 0 Å². The van der Waals surface area contributed by atoms with Crippen LogP contribution >= 0.6 is 0 Å². The fraction of sp³-hybridized carbons (Fsp3) is 1.00. The molecule has 0 N–H and O–H groups in total. The molecule has 3 atom stereocenters. The molecule has 136 valence electrons. The third kappa shape index (κ3) is 3.51. The Labute approximate surface area is 147 Å². The van der Waals surface area contributed by atoms with Crippen LogP contribution in [0.1, 0.15) is 60.8 Å². The van der Waals surface area contributed by atoms with Gasteiger partial charge in [0.25, 0.3) is 0 Å². The summed E-state index contributed by atoms with van der Waals surface area (Å²) in [5.41, 5.74) is 0.389. The van der Waals surface area contributed by atoms with Crippen molar-refractivity contribution in [2.75, 3.05) is 6.61 Å². The summed E-state index contributed by atoms with van der Waals surface area (Å²) in [5.74, 6) is 0.844. The van der Waals surface area contributed by atoms with Crippen molar-refractivity contribution in [3.63, 3.8) is 0 Å². The minimum atomic E-state index is -1.48. The van der Waals surface area contributed by atoms with Crippen molar-refractivity contribution in [3.8, 4) is 0 Å². The van der Waals surface area contributed by atoms with Gasteiger partial charge in [-0.2, -0.15) is 0 Å². The molecule has 0 radical (unpaired) electrons. The number of fused-ring (bicyclic) bond motifs is 1. The first-order valence-electron chi connectivity index (χ1n) is 10.3. The van der Waals surface area contributed by atoms with E-state index in [9.17, 15) is 0 Å². The van der Waals surface area contributed by atoms with Crippen molar-refractivity contribution in [1.82, 2.24) is 0 Å². The summed E-state index contributed by atoms with van der Waals surface area (Å²) in [6.07, 6.45) is 4.65. The fourth-order valence-electron chi connectivity index (χ4n) is 5.11. The second-order valence-corrected chi connectivity index (χ2v) is 17.7. The lowest BCUT2D eigenvalue weighted by atomic mass is 9.67. The molecule has 4 heteroatoms. The molecule has 2 bridgehead atoms. The maximum absolute atomic E-state index is 6.95. The van der Waals surface area contributed by atoms with E-state index in [-0.39, 0.29) is 0 Å². The summed E-state index contributed by atoms with van der Waals surface area (Å²) >= 11 is 0. The molecule has 0 heterocycles. The highest BCUT2D eigenvalue weighted by molar-refractivity contribution is 6.74. The van der Waals surface area contributed by atoms with Crippen LogP contribution in [0, 0.1) is 11.3 Å². The maximum atomic E-state index is 6.95. The third-order valence-electron chi connectivity index (χ3n) is 7.62. The Bertz CT molecular complexity index is 359. The molecular weight excluding hydrogens is 316 g/mol. The summed E-state index contributed by atoms with van der Waals surface area (Å²) in [5, 5.41) is 0. The highest BCUT2D eigenvalue weighted by atomic mass is 28.4. The normalized spacial score (nSPS) is 30.5. The number of hydrogen-bond donors (Lipinski definition) is 0. The van der Waals surface area contributed by atoms with E-state index in [1.807, 2.05) is 0 Å². The molecule has 23 heavy (non-hydrogen) atoms. The molecule has 0 aromatic rings. The van der Waals surface area contributed by atoms with E-state index in [0.717, 1.165) is 12.5 Å². The molecule has 0 amide bonds. The van der Waals surface area contributed by atoms with Gasteiger partial charge in [0.1, 0.15) is 0 Å². The first kappa shape index (κ1) is 19.7. The van der Waals surface area contributed by atoms with Gasteiger partial charge in [-0.05, 0) is 61.4 Å². The maximum Gasteiger partial charge on any atom is 0.192 e. The van der Waals surface area contributed by atoms with Gasteiger partial charge in [0, 0.05) is 12.0 Å². The predicted molar refractivity (Wildman–Crippen MR) is 105 cm³/mol. The summed E-state index contributed by atoms with van der Waals surface area (Å²) in [4.78, 5) is 0. The zero-order valence-electron chi connectivity index (χ0n) is 16.5. The molecule has 0 aromatic heterocycles. The van der Waals surface area contributed by atoms with E-state index >= 15 is 0 Å². The van der Waals surface area contributed by atoms with Crippen LogP contribution in [-0.2, 0) is 8.85 Å². The molecule has 3 aliphatic rings. The third-order valence-corrected chi connectivity index (χ3v) is 16.9. The Balaban J connectivity index is 2.03. The average molecular weight is 357 g/mol. The topological polar surface area (TPSA) is 18.5 Å². The first-order valence-corrected chi connectivity index (χ1v) is 15.4. The number of hydrogen-bond acceptors (Lipinski definition) is 2. The van der Waals surface area contributed by atoms with E-state index in [2.05, 4.69) is 41.5 Å². The van der Waals surface area contributed by atoms with Crippen LogP contribution in [-0.4, -0.2) is 29.3 Å². The summed E-state index contributed by atoms with van der Waals surface area (Å²) in [6.45, 7) is 15.1. The van der Waals surface area contributed by atoms with Gasteiger partial charge in [0.15, 0.2) is 16.6 Å². The quantitative estimate of drug-likeness (QED) is 0.410. The monoisotopic (exact) mass is 356 g/mol. The molecule has 0 unspecified atom stereocenters. The van der Waals surface area contributed by atoms with Crippen LogP contribution in [0.25, 0.3) is 0 Å². The zero-order chi connectivity index (χ0) is 17.1. The Morgan fingerprint density at radius 1 is 0.826 bits per heavy atom. The highest BCUT2D eigenvalue weighted by Crippen LogP contribution is 2.61. The van der Waals surface area contributed by atoms with Gasteiger partial charge in [0.05, 0.1) is 6.10 Å². The minimum Gasteiger partial charge on any atom is -0.416 e.